The van der Waals surface area contributed by atoms with Gasteiger partial charge in [0.15, 0.2) is 0 Å². The fourth-order valence-corrected chi connectivity index (χ4v) is 1.94. The molecule has 15 heavy (non-hydrogen) atoms. The largest absolute Gasteiger partial charge is 0.373 e. The van der Waals surface area contributed by atoms with Gasteiger partial charge in [-0.3, -0.25) is 0 Å². The smallest absolute Gasteiger partial charge is 0.0784 e. The minimum Gasteiger partial charge on any atom is -0.373 e. The van der Waals surface area contributed by atoms with Crippen molar-refractivity contribution in [3.05, 3.63) is 0 Å². The third-order valence-electron chi connectivity index (χ3n) is 2.73. The third kappa shape index (κ3) is 6.16. The summed E-state index contributed by atoms with van der Waals surface area (Å²) in [5, 5.41) is 0. The Balaban J connectivity index is 2.14. The van der Waals surface area contributed by atoms with Gasteiger partial charge in [0.2, 0.25) is 0 Å². The van der Waals surface area contributed by atoms with E-state index in [9.17, 15) is 0 Å². The first-order chi connectivity index (χ1) is 6.97. The van der Waals surface area contributed by atoms with Gasteiger partial charge in [0, 0.05) is 0 Å². The summed E-state index contributed by atoms with van der Waals surface area (Å²) >= 11 is 0. The van der Waals surface area contributed by atoms with Gasteiger partial charge in [-0.25, -0.2) is 0 Å². The van der Waals surface area contributed by atoms with Crippen LogP contribution in [0.3, 0.4) is 0 Å². The molecule has 1 aliphatic carbocycles. The summed E-state index contributed by atoms with van der Waals surface area (Å²) in [6, 6.07) is 0. The van der Waals surface area contributed by atoms with Crippen LogP contribution in [0.25, 0.3) is 0 Å². The fraction of sp³-hybridized carbons (Fsp3) is 1.00. The van der Waals surface area contributed by atoms with Crippen molar-refractivity contribution in [1.29, 1.82) is 0 Å². The molecule has 0 spiro atoms. The molecule has 1 aliphatic rings. The van der Waals surface area contributed by atoms with Crippen molar-refractivity contribution in [2.45, 2.75) is 77.6 Å². The van der Waals surface area contributed by atoms with Gasteiger partial charge in [0.1, 0.15) is 0 Å². The minimum atomic E-state index is -0.0514. The highest BCUT2D eigenvalue weighted by Crippen LogP contribution is 2.21. The summed E-state index contributed by atoms with van der Waals surface area (Å²) in [5.41, 5.74) is -0.0514. The van der Waals surface area contributed by atoms with Crippen molar-refractivity contribution >= 4 is 0 Å². The van der Waals surface area contributed by atoms with E-state index >= 15 is 0 Å². The molecule has 0 aromatic carbocycles. The topological polar surface area (TPSA) is 18.5 Å². The van der Waals surface area contributed by atoms with Crippen LogP contribution in [0, 0.1) is 0 Å². The summed E-state index contributed by atoms with van der Waals surface area (Å²) in [6.07, 6.45) is 7.23. The summed E-state index contributed by atoms with van der Waals surface area (Å²) in [7, 11) is 0. The van der Waals surface area contributed by atoms with Crippen molar-refractivity contribution in [2.75, 3.05) is 6.61 Å². The van der Waals surface area contributed by atoms with Crippen LogP contribution in [-0.2, 0) is 9.47 Å². The van der Waals surface area contributed by atoms with Crippen LogP contribution in [0.15, 0.2) is 0 Å². The summed E-state index contributed by atoms with van der Waals surface area (Å²) in [6.45, 7) is 9.07. The molecule has 2 nitrogen and oxygen atoms in total. The van der Waals surface area contributed by atoms with E-state index in [0.29, 0.717) is 12.7 Å². The molecule has 2 heteroatoms. The first-order valence-electron chi connectivity index (χ1n) is 6.27. The molecule has 0 aromatic heterocycles. The Bertz CT molecular complexity index is 166. The Labute approximate surface area is 94.3 Å². The molecule has 0 heterocycles. The SMILES string of the molecule is CC(COC(C)(C)C)OC1CCCCC1. The monoisotopic (exact) mass is 214 g/mol. The molecule has 90 valence electrons. The van der Waals surface area contributed by atoms with E-state index in [1.165, 1.54) is 32.1 Å². The van der Waals surface area contributed by atoms with Crippen LogP contribution in [-0.4, -0.2) is 24.4 Å². The van der Waals surface area contributed by atoms with Crippen LogP contribution >= 0.6 is 0 Å². The lowest BCUT2D eigenvalue weighted by atomic mass is 9.98. The van der Waals surface area contributed by atoms with Crippen LogP contribution < -0.4 is 0 Å². The molecule has 0 saturated heterocycles. The highest BCUT2D eigenvalue weighted by Gasteiger charge is 2.18. The van der Waals surface area contributed by atoms with Gasteiger partial charge in [-0.15, -0.1) is 0 Å². The normalized spacial score (nSPS) is 21.6. The number of ether oxygens (including phenoxy) is 2. The minimum absolute atomic E-state index is 0.0514. The third-order valence-corrected chi connectivity index (χ3v) is 2.73. The second-order valence-corrected chi connectivity index (χ2v) is 5.63. The molecule has 0 N–H and O–H groups in total. The average molecular weight is 214 g/mol. The Morgan fingerprint density at radius 1 is 1.13 bits per heavy atom. The first kappa shape index (κ1) is 13.0. The lowest BCUT2D eigenvalue weighted by Gasteiger charge is -2.28. The zero-order chi connectivity index (χ0) is 11.3. The highest BCUT2D eigenvalue weighted by molar-refractivity contribution is 4.67. The maximum atomic E-state index is 5.96. The quantitative estimate of drug-likeness (QED) is 0.712. The maximum absolute atomic E-state index is 5.96. The van der Waals surface area contributed by atoms with Crippen LogP contribution in [0.5, 0.6) is 0 Å². The van der Waals surface area contributed by atoms with Gasteiger partial charge >= 0.3 is 0 Å². The highest BCUT2D eigenvalue weighted by atomic mass is 16.5. The molecule has 0 aromatic rings. The van der Waals surface area contributed by atoms with E-state index in [2.05, 4.69) is 27.7 Å². The first-order valence-corrected chi connectivity index (χ1v) is 6.27. The molecular formula is C13H26O2. The predicted octanol–water partition coefficient (Wildman–Crippen LogP) is 3.54. The van der Waals surface area contributed by atoms with Gasteiger partial charge in [-0.2, -0.15) is 0 Å². The van der Waals surface area contributed by atoms with E-state index in [1.807, 2.05) is 0 Å². The Kier molecular flexibility index (Phi) is 5.07. The summed E-state index contributed by atoms with van der Waals surface area (Å²) in [4.78, 5) is 0. The molecule has 0 bridgehead atoms. The maximum Gasteiger partial charge on any atom is 0.0784 e. The van der Waals surface area contributed by atoms with E-state index in [-0.39, 0.29) is 11.7 Å². The average Bonchev–Trinajstić information content (AvgIpc) is 2.15. The number of hydrogen-bond donors (Lipinski definition) is 0. The number of hydrogen-bond acceptors (Lipinski definition) is 2. The van der Waals surface area contributed by atoms with Crippen molar-refractivity contribution < 1.29 is 9.47 Å². The summed E-state index contributed by atoms with van der Waals surface area (Å²) in [5.74, 6) is 0. The van der Waals surface area contributed by atoms with E-state index in [1.54, 1.807) is 0 Å². The molecule has 1 rings (SSSR count). The molecule has 0 amide bonds. The van der Waals surface area contributed by atoms with E-state index in [4.69, 9.17) is 9.47 Å². The lowest BCUT2D eigenvalue weighted by molar-refractivity contribution is -0.0949. The molecule has 1 atom stereocenters. The second kappa shape index (κ2) is 5.86. The lowest BCUT2D eigenvalue weighted by Crippen LogP contribution is -2.30. The molecular weight excluding hydrogens is 188 g/mol. The molecule has 0 aliphatic heterocycles. The number of rotatable bonds is 4. The van der Waals surface area contributed by atoms with Crippen LogP contribution in [0.2, 0.25) is 0 Å². The standard InChI is InChI=1S/C13H26O2/c1-11(10-14-13(2,3)4)15-12-8-6-5-7-9-12/h11-12H,5-10H2,1-4H3. The van der Waals surface area contributed by atoms with Crippen molar-refractivity contribution in [1.82, 2.24) is 0 Å². The predicted molar refractivity (Wildman–Crippen MR) is 63.1 cm³/mol. The molecule has 0 radical (unpaired) electrons. The van der Waals surface area contributed by atoms with Gasteiger partial charge in [-0.1, -0.05) is 19.3 Å². The van der Waals surface area contributed by atoms with E-state index < -0.39 is 0 Å². The Morgan fingerprint density at radius 2 is 1.73 bits per heavy atom. The Hall–Kier alpha value is -0.0800. The second-order valence-electron chi connectivity index (χ2n) is 5.63. The van der Waals surface area contributed by atoms with Crippen molar-refractivity contribution in [3.63, 3.8) is 0 Å². The van der Waals surface area contributed by atoms with Crippen LogP contribution in [0.1, 0.15) is 59.8 Å². The zero-order valence-electron chi connectivity index (χ0n) is 10.7. The van der Waals surface area contributed by atoms with Crippen LogP contribution in [0.4, 0.5) is 0 Å². The fourth-order valence-electron chi connectivity index (χ4n) is 1.94. The van der Waals surface area contributed by atoms with Gasteiger partial charge in [-0.05, 0) is 40.5 Å². The molecule has 1 fully saturated rings. The van der Waals surface area contributed by atoms with Crippen molar-refractivity contribution in [2.24, 2.45) is 0 Å². The molecule has 1 saturated carbocycles. The zero-order valence-corrected chi connectivity index (χ0v) is 10.7. The Morgan fingerprint density at radius 3 is 2.27 bits per heavy atom. The van der Waals surface area contributed by atoms with Gasteiger partial charge < -0.3 is 9.47 Å². The van der Waals surface area contributed by atoms with Crippen molar-refractivity contribution in [3.8, 4) is 0 Å². The van der Waals surface area contributed by atoms with Gasteiger partial charge in [0.05, 0.1) is 24.4 Å². The summed E-state index contributed by atoms with van der Waals surface area (Å²) < 4.78 is 11.7. The molecule has 1 unspecified atom stereocenters. The van der Waals surface area contributed by atoms with E-state index in [0.717, 1.165) is 0 Å². The van der Waals surface area contributed by atoms with Gasteiger partial charge in [0.25, 0.3) is 0 Å².